The van der Waals surface area contributed by atoms with E-state index in [2.05, 4.69) is 5.32 Å². The molecule has 0 unspecified atom stereocenters. The van der Waals surface area contributed by atoms with E-state index in [-0.39, 0.29) is 23.6 Å². The summed E-state index contributed by atoms with van der Waals surface area (Å²) in [5.74, 6) is 0.469. The van der Waals surface area contributed by atoms with E-state index in [1.165, 1.54) is 6.07 Å². The van der Waals surface area contributed by atoms with E-state index in [1.54, 1.807) is 6.07 Å². The highest BCUT2D eigenvalue weighted by atomic mass is 19.1. The Morgan fingerprint density at radius 3 is 2.67 bits per heavy atom. The van der Waals surface area contributed by atoms with Crippen LogP contribution in [0.1, 0.15) is 36.8 Å². The quantitative estimate of drug-likeness (QED) is 0.749. The number of carbonyl (C=O) groups excluding carboxylic acids is 1. The normalized spacial score (nSPS) is 15.5. The largest absolute Gasteiger partial charge is 0.492 e. The Kier molecular flexibility index (Phi) is 6.45. The lowest BCUT2D eigenvalue weighted by Crippen LogP contribution is -2.40. The average Bonchev–Trinajstić information content (AvgIpc) is 3.15. The molecule has 0 radical (unpaired) electrons. The Morgan fingerprint density at radius 2 is 1.93 bits per heavy atom. The smallest absolute Gasteiger partial charge is 0.224 e. The van der Waals surface area contributed by atoms with Gasteiger partial charge in [0.1, 0.15) is 18.2 Å². The van der Waals surface area contributed by atoms with Crippen molar-refractivity contribution in [3.63, 3.8) is 0 Å². The number of hydrogen-bond donors (Lipinski definition) is 2. The first-order valence-electron chi connectivity index (χ1n) is 9.56. The number of halogens is 1. The maximum atomic E-state index is 14.4. The van der Waals surface area contributed by atoms with E-state index in [4.69, 9.17) is 10.5 Å². The summed E-state index contributed by atoms with van der Waals surface area (Å²) in [6, 6.07) is 14.4. The van der Waals surface area contributed by atoms with Crippen LogP contribution in [-0.2, 0) is 16.6 Å². The van der Waals surface area contributed by atoms with Gasteiger partial charge in [-0.3, -0.25) is 4.79 Å². The number of nitrogens with two attached hydrogens (primary N) is 1. The summed E-state index contributed by atoms with van der Waals surface area (Å²) in [6.45, 7) is 1.36. The summed E-state index contributed by atoms with van der Waals surface area (Å²) >= 11 is 0. The maximum absolute atomic E-state index is 14.4. The van der Waals surface area contributed by atoms with Crippen LogP contribution in [0.15, 0.2) is 48.5 Å². The number of amides is 1. The third kappa shape index (κ3) is 4.86. The minimum Gasteiger partial charge on any atom is -0.492 e. The van der Waals surface area contributed by atoms with Gasteiger partial charge in [-0.15, -0.1) is 0 Å². The minimum absolute atomic E-state index is 0.0615. The van der Waals surface area contributed by atoms with Gasteiger partial charge in [0, 0.05) is 18.5 Å². The van der Waals surface area contributed by atoms with E-state index >= 15 is 0 Å². The second-order valence-corrected chi connectivity index (χ2v) is 7.21. The van der Waals surface area contributed by atoms with Gasteiger partial charge in [-0.2, -0.15) is 0 Å². The van der Waals surface area contributed by atoms with Gasteiger partial charge in [-0.1, -0.05) is 43.2 Å². The molecule has 27 heavy (non-hydrogen) atoms. The number of benzene rings is 2. The lowest BCUT2D eigenvalue weighted by atomic mass is 9.78. The van der Waals surface area contributed by atoms with Crippen LogP contribution >= 0.6 is 0 Å². The van der Waals surface area contributed by atoms with Crippen LogP contribution in [0.5, 0.6) is 5.75 Å². The molecule has 2 aromatic carbocycles. The maximum Gasteiger partial charge on any atom is 0.224 e. The third-order valence-corrected chi connectivity index (χ3v) is 5.28. The lowest BCUT2D eigenvalue weighted by Gasteiger charge is -2.30. The molecule has 1 aliphatic carbocycles. The van der Waals surface area contributed by atoms with Crippen LogP contribution in [-0.4, -0.2) is 25.6 Å². The third-order valence-electron chi connectivity index (χ3n) is 5.28. The second-order valence-electron chi connectivity index (χ2n) is 7.21. The molecule has 0 aliphatic heterocycles. The van der Waals surface area contributed by atoms with Gasteiger partial charge in [-0.25, -0.2) is 4.39 Å². The standard InChI is InChI=1S/C22H27FN2O2/c23-20-9-2-1-8-19(20)22(10-3-4-11-22)16-25-21(26)15-17-6-5-7-18(14-17)27-13-12-24/h1-2,5-9,14H,3-4,10-13,15-16,24H2,(H,25,26). The molecule has 2 aromatic rings. The van der Waals surface area contributed by atoms with Crippen molar-refractivity contribution in [2.75, 3.05) is 19.7 Å². The fraction of sp³-hybridized carbons (Fsp3) is 0.409. The molecule has 5 heteroatoms. The van der Waals surface area contributed by atoms with Crippen LogP contribution < -0.4 is 15.8 Å². The van der Waals surface area contributed by atoms with Crippen LogP contribution in [0.2, 0.25) is 0 Å². The fourth-order valence-corrected chi connectivity index (χ4v) is 3.92. The topological polar surface area (TPSA) is 64.3 Å². The van der Waals surface area contributed by atoms with E-state index < -0.39 is 0 Å². The van der Waals surface area contributed by atoms with E-state index in [9.17, 15) is 9.18 Å². The van der Waals surface area contributed by atoms with Crippen LogP contribution in [0, 0.1) is 5.82 Å². The lowest BCUT2D eigenvalue weighted by molar-refractivity contribution is -0.120. The summed E-state index contributed by atoms with van der Waals surface area (Å²) in [5.41, 5.74) is 6.76. The molecule has 1 amide bonds. The molecule has 0 saturated heterocycles. The molecule has 0 bridgehead atoms. The Balaban J connectivity index is 1.63. The summed E-state index contributed by atoms with van der Waals surface area (Å²) in [7, 11) is 0. The van der Waals surface area contributed by atoms with Crippen LogP contribution in [0.25, 0.3) is 0 Å². The van der Waals surface area contributed by atoms with Gasteiger partial charge in [-0.05, 0) is 42.2 Å². The molecule has 3 rings (SSSR count). The average molecular weight is 370 g/mol. The van der Waals surface area contributed by atoms with E-state index in [0.717, 1.165) is 36.8 Å². The predicted octanol–water partition coefficient (Wildman–Crippen LogP) is 3.33. The minimum atomic E-state index is -0.299. The first-order chi connectivity index (χ1) is 13.1. The van der Waals surface area contributed by atoms with Gasteiger partial charge in [0.2, 0.25) is 5.91 Å². The number of carbonyl (C=O) groups is 1. The van der Waals surface area contributed by atoms with Gasteiger partial charge in [0.05, 0.1) is 6.42 Å². The summed E-state index contributed by atoms with van der Waals surface area (Å²) in [4.78, 5) is 12.5. The molecule has 3 N–H and O–H groups in total. The van der Waals surface area contributed by atoms with Crippen molar-refractivity contribution in [3.8, 4) is 5.75 Å². The summed E-state index contributed by atoms with van der Waals surface area (Å²) in [6.07, 6.45) is 4.19. The van der Waals surface area contributed by atoms with Crippen LogP contribution in [0.3, 0.4) is 0 Å². The van der Waals surface area contributed by atoms with Crippen molar-refractivity contribution in [3.05, 3.63) is 65.5 Å². The Hall–Kier alpha value is -2.40. The number of rotatable bonds is 8. The predicted molar refractivity (Wildman–Crippen MR) is 104 cm³/mol. The number of hydrogen-bond acceptors (Lipinski definition) is 3. The van der Waals surface area contributed by atoms with Crippen molar-refractivity contribution in [2.24, 2.45) is 5.73 Å². The summed E-state index contributed by atoms with van der Waals surface area (Å²) in [5, 5.41) is 3.04. The molecule has 0 atom stereocenters. The molecule has 1 saturated carbocycles. The first-order valence-corrected chi connectivity index (χ1v) is 9.56. The highest BCUT2D eigenvalue weighted by molar-refractivity contribution is 5.78. The Morgan fingerprint density at radius 1 is 1.15 bits per heavy atom. The Bertz CT molecular complexity index is 772. The Labute approximate surface area is 159 Å². The molecular formula is C22H27FN2O2. The first kappa shape index (κ1) is 19.4. The summed E-state index contributed by atoms with van der Waals surface area (Å²) < 4.78 is 19.9. The fourth-order valence-electron chi connectivity index (χ4n) is 3.92. The van der Waals surface area contributed by atoms with Crippen molar-refractivity contribution < 1.29 is 13.9 Å². The van der Waals surface area contributed by atoms with Crippen molar-refractivity contribution in [2.45, 2.75) is 37.5 Å². The van der Waals surface area contributed by atoms with Crippen molar-refractivity contribution >= 4 is 5.91 Å². The number of nitrogens with one attached hydrogen (secondary N) is 1. The van der Waals surface area contributed by atoms with Crippen LogP contribution in [0.4, 0.5) is 4.39 Å². The SMILES string of the molecule is NCCOc1cccc(CC(=O)NCC2(c3ccccc3F)CCCC2)c1. The zero-order valence-electron chi connectivity index (χ0n) is 15.5. The van der Waals surface area contributed by atoms with Gasteiger partial charge in [0.25, 0.3) is 0 Å². The zero-order chi connectivity index (χ0) is 19.1. The van der Waals surface area contributed by atoms with Gasteiger partial charge < -0.3 is 15.8 Å². The second kappa shape index (κ2) is 9.00. The zero-order valence-corrected chi connectivity index (χ0v) is 15.5. The number of ether oxygens (including phenoxy) is 1. The molecule has 0 aromatic heterocycles. The van der Waals surface area contributed by atoms with Crippen molar-refractivity contribution in [1.82, 2.24) is 5.32 Å². The molecule has 0 heterocycles. The molecular weight excluding hydrogens is 343 g/mol. The molecule has 1 aliphatic rings. The van der Waals surface area contributed by atoms with Gasteiger partial charge >= 0.3 is 0 Å². The highest BCUT2D eigenvalue weighted by Gasteiger charge is 2.37. The molecule has 4 nitrogen and oxygen atoms in total. The van der Waals surface area contributed by atoms with Gasteiger partial charge in [0.15, 0.2) is 0 Å². The van der Waals surface area contributed by atoms with E-state index in [0.29, 0.717) is 25.4 Å². The molecule has 1 fully saturated rings. The molecule has 0 spiro atoms. The van der Waals surface area contributed by atoms with Crippen molar-refractivity contribution in [1.29, 1.82) is 0 Å². The monoisotopic (exact) mass is 370 g/mol. The highest BCUT2D eigenvalue weighted by Crippen LogP contribution is 2.41. The molecule has 144 valence electrons. The van der Waals surface area contributed by atoms with E-state index in [1.807, 2.05) is 36.4 Å².